The molecule has 2 atom stereocenters. The zero-order chi connectivity index (χ0) is 13.8. The lowest BCUT2D eigenvalue weighted by Gasteiger charge is -2.15. The standard InChI is InChI=1S/C12H18ClNO3S/c1-9(13)8-10(2)14-18(15,16)12-6-4-11(17-3)5-7-12/h4-7,9-10,14H,8H2,1-3H3. The molecule has 0 saturated carbocycles. The Kier molecular flexibility index (Phi) is 5.44. The summed E-state index contributed by atoms with van der Waals surface area (Å²) in [4.78, 5) is 0.220. The van der Waals surface area contributed by atoms with E-state index >= 15 is 0 Å². The minimum atomic E-state index is -3.49. The number of ether oxygens (including phenoxy) is 1. The fourth-order valence-corrected chi connectivity index (χ4v) is 3.15. The Morgan fingerprint density at radius 1 is 1.28 bits per heavy atom. The van der Waals surface area contributed by atoms with E-state index in [2.05, 4.69) is 4.72 Å². The van der Waals surface area contributed by atoms with Gasteiger partial charge in [0.2, 0.25) is 10.0 Å². The third-order valence-corrected chi connectivity index (χ3v) is 4.19. The van der Waals surface area contributed by atoms with E-state index in [4.69, 9.17) is 16.3 Å². The van der Waals surface area contributed by atoms with E-state index in [9.17, 15) is 8.42 Å². The van der Waals surface area contributed by atoms with Crippen LogP contribution in [0.15, 0.2) is 29.2 Å². The largest absolute Gasteiger partial charge is 0.497 e. The number of rotatable bonds is 6. The number of alkyl halides is 1. The summed E-state index contributed by atoms with van der Waals surface area (Å²) in [7, 11) is -1.96. The second kappa shape index (κ2) is 6.41. The van der Waals surface area contributed by atoms with Gasteiger partial charge in [0.25, 0.3) is 0 Å². The fourth-order valence-electron chi connectivity index (χ4n) is 1.62. The van der Waals surface area contributed by atoms with Crippen LogP contribution >= 0.6 is 11.6 Å². The van der Waals surface area contributed by atoms with Gasteiger partial charge in [-0.1, -0.05) is 0 Å². The summed E-state index contributed by atoms with van der Waals surface area (Å²) < 4.78 is 31.6. The van der Waals surface area contributed by atoms with Crippen molar-refractivity contribution in [1.82, 2.24) is 4.72 Å². The summed E-state index contributed by atoms with van der Waals surface area (Å²) in [5.74, 6) is 0.622. The van der Waals surface area contributed by atoms with E-state index in [1.54, 1.807) is 19.1 Å². The Balaban J connectivity index is 2.79. The first-order valence-corrected chi connectivity index (χ1v) is 7.57. The average Bonchev–Trinajstić information content (AvgIpc) is 2.27. The molecule has 0 spiro atoms. The van der Waals surface area contributed by atoms with E-state index < -0.39 is 10.0 Å². The molecular weight excluding hydrogens is 274 g/mol. The second-order valence-corrected chi connectivity index (χ2v) is 6.67. The molecule has 1 N–H and O–H groups in total. The molecule has 2 unspecified atom stereocenters. The lowest BCUT2D eigenvalue weighted by atomic mass is 10.2. The molecule has 0 fully saturated rings. The summed E-state index contributed by atoms with van der Waals surface area (Å²) in [5, 5.41) is -0.0708. The number of benzene rings is 1. The maximum atomic E-state index is 12.0. The lowest BCUT2D eigenvalue weighted by molar-refractivity contribution is 0.414. The quantitative estimate of drug-likeness (QED) is 0.819. The first-order chi connectivity index (χ1) is 8.35. The monoisotopic (exact) mass is 291 g/mol. The number of hydrogen-bond donors (Lipinski definition) is 1. The highest BCUT2D eigenvalue weighted by atomic mass is 35.5. The molecular formula is C12H18ClNO3S. The van der Waals surface area contributed by atoms with Crippen LogP contribution in [-0.2, 0) is 10.0 Å². The zero-order valence-corrected chi connectivity index (χ0v) is 12.3. The Labute approximate surface area is 113 Å². The van der Waals surface area contributed by atoms with Crippen molar-refractivity contribution in [3.05, 3.63) is 24.3 Å². The predicted molar refractivity (Wildman–Crippen MR) is 72.7 cm³/mol. The van der Waals surface area contributed by atoms with Crippen LogP contribution in [0.4, 0.5) is 0 Å². The summed E-state index contributed by atoms with van der Waals surface area (Å²) in [5.41, 5.74) is 0. The van der Waals surface area contributed by atoms with Gasteiger partial charge < -0.3 is 4.74 Å². The molecule has 0 aliphatic carbocycles. The van der Waals surface area contributed by atoms with Gasteiger partial charge in [0.1, 0.15) is 5.75 Å². The highest BCUT2D eigenvalue weighted by molar-refractivity contribution is 7.89. The van der Waals surface area contributed by atoms with Gasteiger partial charge in [-0.2, -0.15) is 0 Å². The number of sulfonamides is 1. The summed E-state index contributed by atoms with van der Waals surface area (Å²) in [6.07, 6.45) is 0.580. The van der Waals surface area contributed by atoms with Gasteiger partial charge >= 0.3 is 0 Å². The van der Waals surface area contributed by atoms with Gasteiger partial charge in [0.05, 0.1) is 12.0 Å². The van der Waals surface area contributed by atoms with E-state index in [1.807, 2.05) is 6.92 Å². The number of halogens is 1. The highest BCUT2D eigenvalue weighted by Crippen LogP contribution is 2.16. The topological polar surface area (TPSA) is 55.4 Å². The SMILES string of the molecule is COc1ccc(S(=O)(=O)NC(C)CC(C)Cl)cc1. The molecule has 0 aliphatic heterocycles. The van der Waals surface area contributed by atoms with Crippen molar-refractivity contribution in [3.8, 4) is 5.75 Å². The van der Waals surface area contributed by atoms with Gasteiger partial charge in [-0.05, 0) is 44.5 Å². The van der Waals surface area contributed by atoms with Crippen molar-refractivity contribution in [3.63, 3.8) is 0 Å². The molecule has 0 aromatic heterocycles. The molecule has 0 radical (unpaired) electrons. The van der Waals surface area contributed by atoms with Crippen LogP contribution in [0.3, 0.4) is 0 Å². The number of hydrogen-bond acceptors (Lipinski definition) is 3. The van der Waals surface area contributed by atoms with Crippen LogP contribution < -0.4 is 9.46 Å². The van der Waals surface area contributed by atoms with Crippen LogP contribution in [0.1, 0.15) is 20.3 Å². The normalized spacial score (nSPS) is 15.1. The van der Waals surface area contributed by atoms with Crippen LogP contribution in [0, 0.1) is 0 Å². The molecule has 18 heavy (non-hydrogen) atoms. The van der Waals surface area contributed by atoms with E-state index in [1.165, 1.54) is 19.2 Å². The minimum Gasteiger partial charge on any atom is -0.497 e. The molecule has 1 rings (SSSR count). The maximum absolute atomic E-state index is 12.0. The van der Waals surface area contributed by atoms with Gasteiger partial charge in [-0.25, -0.2) is 13.1 Å². The van der Waals surface area contributed by atoms with Crippen LogP contribution in [0.5, 0.6) is 5.75 Å². The first kappa shape index (κ1) is 15.3. The minimum absolute atomic E-state index is 0.0708. The number of methoxy groups -OCH3 is 1. The molecule has 0 heterocycles. The molecule has 102 valence electrons. The predicted octanol–water partition coefficient (Wildman–Crippen LogP) is 2.38. The molecule has 1 aromatic rings. The summed E-state index contributed by atoms with van der Waals surface area (Å²) in [6, 6.07) is 6.05. The van der Waals surface area contributed by atoms with Crippen molar-refractivity contribution in [1.29, 1.82) is 0 Å². The fraction of sp³-hybridized carbons (Fsp3) is 0.500. The van der Waals surface area contributed by atoms with Crippen LogP contribution in [0.2, 0.25) is 0 Å². The van der Waals surface area contributed by atoms with Crippen LogP contribution in [0.25, 0.3) is 0 Å². The van der Waals surface area contributed by atoms with Crippen molar-refractivity contribution in [2.45, 2.75) is 36.6 Å². The Morgan fingerprint density at radius 3 is 2.28 bits per heavy atom. The zero-order valence-electron chi connectivity index (χ0n) is 10.7. The number of nitrogens with one attached hydrogen (secondary N) is 1. The second-order valence-electron chi connectivity index (χ2n) is 4.21. The summed E-state index contributed by atoms with van der Waals surface area (Å²) in [6.45, 7) is 3.62. The van der Waals surface area contributed by atoms with E-state index in [-0.39, 0.29) is 16.3 Å². The lowest BCUT2D eigenvalue weighted by Crippen LogP contribution is -2.33. The Hall–Kier alpha value is -0.780. The molecule has 4 nitrogen and oxygen atoms in total. The molecule has 0 bridgehead atoms. The van der Waals surface area contributed by atoms with Crippen molar-refractivity contribution in [2.24, 2.45) is 0 Å². The van der Waals surface area contributed by atoms with Gasteiger partial charge in [0.15, 0.2) is 0 Å². The van der Waals surface area contributed by atoms with Crippen molar-refractivity contribution in [2.75, 3.05) is 7.11 Å². The van der Waals surface area contributed by atoms with Crippen molar-refractivity contribution < 1.29 is 13.2 Å². The maximum Gasteiger partial charge on any atom is 0.240 e. The molecule has 0 saturated heterocycles. The molecule has 6 heteroatoms. The molecule has 0 amide bonds. The molecule has 0 aliphatic rings. The average molecular weight is 292 g/mol. The Bertz CT molecular complexity index is 471. The highest BCUT2D eigenvalue weighted by Gasteiger charge is 2.18. The smallest absolute Gasteiger partial charge is 0.240 e. The van der Waals surface area contributed by atoms with Crippen molar-refractivity contribution >= 4 is 21.6 Å². The van der Waals surface area contributed by atoms with Gasteiger partial charge in [-0.3, -0.25) is 0 Å². The third kappa shape index (κ3) is 4.48. The Morgan fingerprint density at radius 2 is 1.83 bits per heavy atom. The third-order valence-electron chi connectivity index (χ3n) is 2.40. The molecule has 1 aromatic carbocycles. The summed E-state index contributed by atoms with van der Waals surface area (Å²) >= 11 is 5.84. The van der Waals surface area contributed by atoms with Crippen LogP contribution in [-0.4, -0.2) is 26.9 Å². The van der Waals surface area contributed by atoms with E-state index in [0.29, 0.717) is 12.2 Å². The van der Waals surface area contributed by atoms with E-state index in [0.717, 1.165) is 0 Å². The first-order valence-electron chi connectivity index (χ1n) is 5.65. The van der Waals surface area contributed by atoms with Gasteiger partial charge in [-0.15, -0.1) is 11.6 Å². The van der Waals surface area contributed by atoms with Gasteiger partial charge in [0, 0.05) is 11.4 Å².